The first-order chi connectivity index (χ1) is 42.1. The summed E-state index contributed by atoms with van der Waals surface area (Å²) >= 11 is 6.89. The van der Waals surface area contributed by atoms with Crippen LogP contribution in [0.2, 0.25) is 5.02 Å². The number of amides is 7. The molecule has 0 aromatic heterocycles. The van der Waals surface area contributed by atoms with Crippen LogP contribution in [0.15, 0.2) is 54.1 Å². The number of epoxide rings is 1. The van der Waals surface area contributed by atoms with Crippen molar-refractivity contribution < 1.29 is 76.7 Å². The number of nitrogens with zero attached hydrogens (tertiary/aromatic N) is 2. The average molecular weight is 1260 g/mol. The van der Waals surface area contributed by atoms with E-state index in [9.17, 15) is 48.3 Å². The van der Waals surface area contributed by atoms with E-state index in [4.69, 9.17) is 45.8 Å². The van der Waals surface area contributed by atoms with Gasteiger partial charge < -0.3 is 70.3 Å². The number of allylic oxidation sites excluding steroid dienone is 3. The normalized spacial score (nSPS) is 23.9. The first-order valence-electron chi connectivity index (χ1n) is 30.8. The molecule has 2 fully saturated rings. The average Bonchev–Trinajstić information content (AvgIpc) is 1.72. The highest BCUT2D eigenvalue weighted by molar-refractivity contribution is 6.35. The monoisotopic (exact) mass is 1260 g/mol. The van der Waals surface area contributed by atoms with E-state index in [1.807, 2.05) is 26.8 Å². The number of anilines is 2. The second kappa shape index (κ2) is 33.1. The van der Waals surface area contributed by atoms with Crippen LogP contribution in [0.5, 0.6) is 11.5 Å². The molecule has 0 radical (unpaired) electrons. The first kappa shape index (κ1) is 72.7. The van der Waals surface area contributed by atoms with Crippen molar-refractivity contribution in [3.8, 4) is 11.5 Å². The van der Waals surface area contributed by atoms with E-state index in [2.05, 4.69) is 21.3 Å². The van der Waals surface area contributed by atoms with Gasteiger partial charge in [0.2, 0.25) is 23.6 Å². The number of ether oxygens (including phenoxy) is 6. The zero-order valence-electron chi connectivity index (χ0n) is 53.9. The quantitative estimate of drug-likeness (QED) is 0.0287. The maximum absolute atomic E-state index is 14.7. The molecule has 89 heavy (non-hydrogen) atoms. The van der Waals surface area contributed by atoms with Gasteiger partial charge in [0, 0.05) is 64.9 Å². The van der Waals surface area contributed by atoms with E-state index in [-0.39, 0.29) is 78.3 Å². The molecule has 2 saturated heterocycles. The van der Waals surface area contributed by atoms with Gasteiger partial charge in [-0.3, -0.25) is 33.6 Å². The minimum absolute atomic E-state index is 0.0288. The molecule has 24 heteroatoms. The maximum Gasteiger partial charge on any atom is 0.328 e. The van der Waals surface area contributed by atoms with Crippen LogP contribution in [0.1, 0.15) is 155 Å². The number of carbonyl (C=O) groups is 9. The number of likely N-dealkylation sites (N-methyl/N-ethyl adjacent to an activating group) is 1. The van der Waals surface area contributed by atoms with Gasteiger partial charge in [-0.15, -0.1) is 0 Å². The summed E-state index contributed by atoms with van der Waals surface area (Å²) in [5.41, 5.74) is 4.00. The van der Waals surface area contributed by atoms with Crippen molar-refractivity contribution in [3.05, 3.63) is 70.3 Å². The summed E-state index contributed by atoms with van der Waals surface area (Å²) in [6.07, 6.45) is 6.05. The second-order valence-corrected chi connectivity index (χ2v) is 24.6. The number of methoxy groups -OCH3 is 3. The Hall–Kier alpha value is -7.08. The SMILES string of the molecule is CCC(CC)C(=O)CCCCCCC(=O)N[C@H](C(=O)N[C@@H](CCCNC(N)=O)C(=O)Nc1cc(OC)ccc1C(=O)N(C)[C@@H](C)C(=O)O[C@H]1CC(=O)N(C)c2cc(cc(OC)c2Cl)C/C(C)=C/C=C/[C@@H](OC)[C@]2(O)CC(=O)O[C@@H](C2)[C@@H](C)[C@@H]2O[C@@]12C)C(C)C. The smallest absolute Gasteiger partial charge is 0.328 e. The van der Waals surface area contributed by atoms with E-state index in [1.165, 1.54) is 65.4 Å². The fourth-order valence-corrected chi connectivity index (χ4v) is 11.8. The molecule has 5 rings (SSSR count). The number of nitrogens with one attached hydrogen (secondary N) is 4. The highest BCUT2D eigenvalue weighted by Gasteiger charge is 2.64. The number of fused-ring (bicyclic) bond motifs is 5. The molecule has 492 valence electrons. The summed E-state index contributed by atoms with van der Waals surface area (Å²) in [5, 5.41) is 23.0. The molecule has 23 nitrogen and oxygen atoms in total. The van der Waals surface area contributed by atoms with Gasteiger partial charge in [0.05, 0.1) is 50.1 Å². The van der Waals surface area contributed by atoms with Crippen LogP contribution in [-0.4, -0.2) is 159 Å². The fourth-order valence-electron chi connectivity index (χ4n) is 11.5. The lowest BCUT2D eigenvalue weighted by Crippen LogP contribution is -2.54. The Morgan fingerprint density at radius 1 is 0.933 bits per heavy atom. The van der Waals surface area contributed by atoms with Crippen molar-refractivity contribution in [3.63, 3.8) is 0 Å². The van der Waals surface area contributed by atoms with Crippen LogP contribution in [0, 0.1) is 17.8 Å². The lowest BCUT2D eigenvalue weighted by Gasteiger charge is -2.41. The van der Waals surface area contributed by atoms with Crippen molar-refractivity contribution in [2.75, 3.05) is 52.2 Å². The Morgan fingerprint density at radius 3 is 2.25 bits per heavy atom. The third kappa shape index (κ3) is 19.5. The largest absolute Gasteiger partial charge is 0.497 e. The van der Waals surface area contributed by atoms with Crippen LogP contribution in [-0.2, 0) is 58.9 Å². The molecule has 2 aromatic carbocycles. The summed E-state index contributed by atoms with van der Waals surface area (Å²) in [6, 6.07) is 3.27. The highest BCUT2D eigenvalue weighted by Crippen LogP contribution is 2.50. The van der Waals surface area contributed by atoms with Crippen molar-refractivity contribution in [1.29, 1.82) is 0 Å². The van der Waals surface area contributed by atoms with Crippen LogP contribution in [0.4, 0.5) is 16.2 Å². The number of ketones is 1. The number of aliphatic hydroxyl groups is 1. The summed E-state index contributed by atoms with van der Waals surface area (Å²) in [5.74, 6) is -4.88. The number of Topliss-reactive ketones (excluding diaryl/α,β-unsaturated/α-hetero) is 1. The molecule has 3 aliphatic rings. The summed E-state index contributed by atoms with van der Waals surface area (Å²) in [4.78, 5) is 126. The predicted molar refractivity (Wildman–Crippen MR) is 335 cm³/mol. The van der Waals surface area contributed by atoms with Crippen molar-refractivity contribution >= 4 is 76.3 Å². The Morgan fingerprint density at radius 2 is 1.62 bits per heavy atom. The number of primary amides is 1. The molecule has 7 N–H and O–H groups in total. The van der Waals surface area contributed by atoms with Gasteiger partial charge in [-0.05, 0) is 101 Å². The topological polar surface area (TPSA) is 313 Å². The molecule has 0 unspecified atom stereocenters. The maximum atomic E-state index is 14.7. The summed E-state index contributed by atoms with van der Waals surface area (Å²) < 4.78 is 35.4. The Balaban J connectivity index is 1.39. The van der Waals surface area contributed by atoms with E-state index in [1.54, 1.807) is 52.0 Å². The molecule has 3 aliphatic heterocycles. The Labute approximate surface area is 528 Å². The van der Waals surface area contributed by atoms with Crippen molar-refractivity contribution in [1.82, 2.24) is 20.9 Å². The standard InChI is InChI=1S/C65H94ClN7O16/c1-14-42(15-2)48(74)24-18-16-17-19-26-53(75)71-57(37(3)4)60(79)69-45(23-21-29-68-63(67)82)59(78)70-46-33-43(84-11)27-28-44(46)61(80)72(9)40(7)62(81)88-52-34-54(76)73(10)47-31-41(32-49(85-12)56(47)66)30-38(5)22-20-25-51(86-13)65(83)35-50(87-55(77)36-65)39(6)58-64(52,8)89-58/h20,22,25,27-28,31-33,37,39-40,42,45,50-52,57-58,83H,14-19,21,23-24,26,29-30,34-36H2,1-13H3,(H,69,79)(H,70,78)(H,71,75)(H3,67,68,82)/b25-20+,38-22+/t39-,40+,45+,50+,51-,52+,57+,58+,64+,65-/m1/s1. The summed E-state index contributed by atoms with van der Waals surface area (Å²) in [7, 11) is 7.15. The number of halogens is 1. The fraction of sp³-hybridized carbons (Fsp3) is 0.615. The lowest BCUT2D eigenvalue weighted by molar-refractivity contribution is -0.187. The second-order valence-electron chi connectivity index (χ2n) is 24.2. The number of hydrogen-bond donors (Lipinski definition) is 6. The van der Waals surface area contributed by atoms with E-state index < -0.39 is 114 Å². The van der Waals surface area contributed by atoms with Gasteiger partial charge in [-0.1, -0.05) is 82.9 Å². The van der Waals surface area contributed by atoms with Gasteiger partial charge in [-0.25, -0.2) is 9.59 Å². The number of esters is 2. The Kier molecular flexibility index (Phi) is 27.0. The number of rotatable bonds is 27. The number of nitrogens with two attached hydrogens (primary N) is 1. The van der Waals surface area contributed by atoms with E-state index in [0.717, 1.165) is 48.1 Å². The lowest BCUT2D eigenvalue weighted by atomic mass is 9.78. The minimum atomic E-state index is -1.68. The van der Waals surface area contributed by atoms with Gasteiger partial charge in [-0.2, -0.15) is 0 Å². The van der Waals surface area contributed by atoms with Crippen LogP contribution < -0.4 is 41.4 Å². The van der Waals surface area contributed by atoms with Gasteiger partial charge in [0.15, 0.2) is 0 Å². The van der Waals surface area contributed by atoms with Gasteiger partial charge in [0.25, 0.3) is 5.91 Å². The molecule has 4 bridgehead atoms. The van der Waals surface area contributed by atoms with Gasteiger partial charge >= 0.3 is 18.0 Å². The number of unbranched alkanes of at least 4 members (excludes halogenated alkanes) is 3. The molecule has 0 spiro atoms. The first-order valence-corrected chi connectivity index (χ1v) is 31.2. The van der Waals surface area contributed by atoms with Crippen LogP contribution >= 0.6 is 11.6 Å². The third-order valence-corrected chi connectivity index (χ3v) is 17.7. The highest BCUT2D eigenvalue weighted by atomic mass is 35.5. The number of hydrogen-bond acceptors (Lipinski definition) is 16. The molecule has 10 atom stereocenters. The van der Waals surface area contributed by atoms with Crippen molar-refractivity contribution in [2.45, 2.75) is 199 Å². The summed E-state index contributed by atoms with van der Waals surface area (Å²) in [6.45, 7) is 14.3. The predicted octanol–water partition coefficient (Wildman–Crippen LogP) is 7.45. The van der Waals surface area contributed by atoms with E-state index in [0.29, 0.717) is 30.7 Å². The van der Waals surface area contributed by atoms with E-state index >= 15 is 0 Å². The molecule has 0 aliphatic carbocycles. The molecule has 2 aromatic rings. The molecule has 7 amide bonds. The minimum Gasteiger partial charge on any atom is -0.497 e. The van der Waals surface area contributed by atoms with Crippen LogP contribution in [0.25, 0.3) is 0 Å². The molecule has 3 heterocycles. The zero-order chi connectivity index (χ0) is 66.1. The molecule has 0 saturated carbocycles. The molecular weight excluding hydrogens is 1170 g/mol. The third-order valence-electron chi connectivity index (χ3n) is 17.3. The molecular formula is C65H94ClN7O16. The number of carbonyl (C=O) groups excluding carboxylic acids is 9. The Bertz CT molecular complexity index is 2930. The van der Waals surface area contributed by atoms with Crippen molar-refractivity contribution in [2.24, 2.45) is 23.5 Å². The zero-order valence-corrected chi connectivity index (χ0v) is 54.7. The number of urea groups is 1. The van der Waals surface area contributed by atoms with Gasteiger partial charge in [0.1, 0.15) is 69.9 Å². The number of benzene rings is 2. The van der Waals surface area contributed by atoms with Crippen LogP contribution in [0.3, 0.4) is 0 Å².